The summed E-state index contributed by atoms with van der Waals surface area (Å²) in [6, 6.07) is 2.38. The van der Waals surface area contributed by atoms with Crippen molar-refractivity contribution in [2.45, 2.75) is 25.8 Å². The molecule has 1 saturated heterocycles. The van der Waals surface area contributed by atoms with Crippen molar-refractivity contribution in [3.05, 3.63) is 18.1 Å². The number of hydrogen-bond donors (Lipinski definition) is 2. The van der Waals surface area contributed by atoms with Gasteiger partial charge in [0.15, 0.2) is 0 Å². The molecule has 5 heteroatoms. The van der Waals surface area contributed by atoms with E-state index in [1.54, 1.807) is 6.33 Å². The Kier molecular flexibility index (Phi) is 4.28. The van der Waals surface area contributed by atoms with E-state index >= 15 is 0 Å². The number of aliphatic hydroxyl groups excluding tert-OH is 1. The number of β-amino-alcohol motifs (C(OH)–C–C–N with tert-alkyl or cyclic N) is 1. The van der Waals surface area contributed by atoms with Gasteiger partial charge < -0.3 is 10.4 Å². The Morgan fingerprint density at radius 3 is 3.18 bits per heavy atom. The summed E-state index contributed by atoms with van der Waals surface area (Å²) in [5.41, 5.74) is 0.977. The maximum atomic E-state index is 8.95. The van der Waals surface area contributed by atoms with Crippen molar-refractivity contribution in [3.63, 3.8) is 0 Å². The molecule has 0 saturated carbocycles. The molecule has 0 aliphatic carbocycles. The van der Waals surface area contributed by atoms with Crippen molar-refractivity contribution in [2.24, 2.45) is 0 Å². The average molecular weight is 236 g/mol. The molecule has 1 atom stereocenters. The molecular weight excluding hydrogens is 216 g/mol. The van der Waals surface area contributed by atoms with Crippen LogP contribution in [0, 0.1) is 6.92 Å². The number of nitrogens with one attached hydrogen (secondary N) is 1. The number of aryl methyl sites for hydroxylation is 1. The Balaban J connectivity index is 1.90. The van der Waals surface area contributed by atoms with Gasteiger partial charge in [-0.3, -0.25) is 4.90 Å². The van der Waals surface area contributed by atoms with Crippen molar-refractivity contribution < 1.29 is 5.11 Å². The molecule has 0 radical (unpaired) electrons. The van der Waals surface area contributed by atoms with E-state index in [0.717, 1.165) is 37.6 Å². The lowest BCUT2D eigenvalue weighted by molar-refractivity contribution is 0.166. The van der Waals surface area contributed by atoms with E-state index in [1.165, 1.54) is 6.42 Å². The van der Waals surface area contributed by atoms with Gasteiger partial charge in [-0.1, -0.05) is 0 Å². The quantitative estimate of drug-likeness (QED) is 0.804. The minimum Gasteiger partial charge on any atom is -0.395 e. The van der Waals surface area contributed by atoms with E-state index in [2.05, 4.69) is 20.2 Å². The molecule has 2 N–H and O–H groups in total. The van der Waals surface area contributed by atoms with Crippen molar-refractivity contribution in [1.82, 2.24) is 14.9 Å². The normalized spacial score (nSPS) is 21.4. The number of likely N-dealkylation sites (tertiary alicyclic amines) is 1. The zero-order chi connectivity index (χ0) is 12.1. The summed E-state index contributed by atoms with van der Waals surface area (Å²) in [6.45, 7) is 5.03. The molecule has 1 aliphatic rings. The highest BCUT2D eigenvalue weighted by Crippen LogP contribution is 2.14. The standard InChI is InChI=1S/C12H20N4O/c1-10-7-12(14-9-13-10)15-11-3-2-4-16(8-11)5-6-17/h7,9,11,17H,2-6,8H2,1H3,(H,13,14,15). The summed E-state index contributed by atoms with van der Waals surface area (Å²) in [7, 11) is 0. The summed E-state index contributed by atoms with van der Waals surface area (Å²) in [5, 5.41) is 12.4. The van der Waals surface area contributed by atoms with Crippen LogP contribution in [0.15, 0.2) is 12.4 Å². The fourth-order valence-electron chi connectivity index (χ4n) is 2.26. The zero-order valence-electron chi connectivity index (χ0n) is 10.3. The highest BCUT2D eigenvalue weighted by atomic mass is 16.3. The van der Waals surface area contributed by atoms with Gasteiger partial charge >= 0.3 is 0 Å². The second-order valence-corrected chi connectivity index (χ2v) is 4.55. The number of rotatable bonds is 4. The average Bonchev–Trinajstić information content (AvgIpc) is 2.30. The molecule has 1 aromatic heterocycles. The Hall–Kier alpha value is -1.20. The molecule has 17 heavy (non-hydrogen) atoms. The summed E-state index contributed by atoms with van der Waals surface area (Å²) in [4.78, 5) is 10.6. The van der Waals surface area contributed by atoms with Crippen LogP contribution in [0.25, 0.3) is 0 Å². The van der Waals surface area contributed by atoms with E-state index in [0.29, 0.717) is 6.04 Å². The molecule has 5 nitrogen and oxygen atoms in total. The first-order chi connectivity index (χ1) is 8.28. The fraction of sp³-hybridized carbons (Fsp3) is 0.667. The fourth-order valence-corrected chi connectivity index (χ4v) is 2.26. The lowest BCUT2D eigenvalue weighted by Gasteiger charge is -2.32. The highest BCUT2D eigenvalue weighted by Gasteiger charge is 2.19. The predicted octanol–water partition coefficient (Wildman–Crippen LogP) is 0.654. The minimum absolute atomic E-state index is 0.235. The van der Waals surface area contributed by atoms with Gasteiger partial charge in [0.2, 0.25) is 0 Å². The molecule has 1 unspecified atom stereocenters. The molecule has 94 valence electrons. The van der Waals surface area contributed by atoms with Crippen LogP contribution in [-0.4, -0.2) is 52.3 Å². The van der Waals surface area contributed by atoms with Crippen molar-refractivity contribution in [3.8, 4) is 0 Å². The van der Waals surface area contributed by atoms with Gasteiger partial charge in [0.05, 0.1) is 6.61 Å². The van der Waals surface area contributed by atoms with E-state index < -0.39 is 0 Å². The predicted molar refractivity (Wildman–Crippen MR) is 66.9 cm³/mol. The molecule has 1 fully saturated rings. The zero-order valence-corrected chi connectivity index (χ0v) is 10.3. The molecule has 0 spiro atoms. The number of anilines is 1. The monoisotopic (exact) mass is 236 g/mol. The molecule has 1 aliphatic heterocycles. The van der Waals surface area contributed by atoms with Gasteiger partial charge in [-0.2, -0.15) is 0 Å². The molecule has 2 heterocycles. The summed E-state index contributed by atoms with van der Waals surface area (Å²) in [6.07, 6.45) is 3.92. The van der Waals surface area contributed by atoms with Gasteiger partial charge in [-0.15, -0.1) is 0 Å². The number of hydrogen-bond acceptors (Lipinski definition) is 5. The number of aliphatic hydroxyl groups is 1. The van der Waals surface area contributed by atoms with Crippen LogP contribution in [0.2, 0.25) is 0 Å². The summed E-state index contributed by atoms with van der Waals surface area (Å²) in [5.74, 6) is 0.897. The van der Waals surface area contributed by atoms with Crippen LogP contribution >= 0.6 is 0 Å². The summed E-state index contributed by atoms with van der Waals surface area (Å²) >= 11 is 0. The van der Waals surface area contributed by atoms with Gasteiger partial charge in [-0.05, 0) is 26.3 Å². The third-order valence-electron chi connectivity index (χ3n) is 3.08. The van der Waals surface area contributed by atoms with Crippen molar-refractivity contribution >= 4 is 5.82 Å². The first-order valence-electron chi connectivity index (χ1n) is 6.16. The molecule has 0 bridgehead atoms. The third kappa shape index (κ3) is 3.64. The van der Waals surface area contributed by atoms with Crippen molar-refractivity contribution in [1.29, 1.82) is 0 Å². The Bertz CT molecular complexity index is 356. The second-order valence-electron chi connectivity index (χ2n) is 4.55. The van der Waals surface area contributed by atoms with Gasteiger partial charge in [0, 0.05) is 30.9 Å². The Morgan fingerprint density at radius 2 is 2.41 bits per heavy atom. The summed E-state index contributed by atoms with van der Waals surface area (Å²) < 4.78 is 0. The van der Waals surface area contributed by atoms with Crippen LogP contribution in [0.4, 0.5) is 5.82 Å². The van der Waals surface area contributed by atoms with E-state index in [9.17, 15) is 0 Å². The second kappa shape index (κ2) is 5.93. The largest absolute Gasteiger partial charge is 0.395 e. The molecule has 0 amide bonds. The third-order valence-corrected chi connectivity index (χ3v) is 3.08. The van der Waals surface area contributed by atoms with E-state index in [1.807, 2.05) is 13.0 Å². The van der Waals surface area contributed by atoms with E-state index in [4.69, 9.17) is 5.11 Å². The molecule has 2 rings (SSSR count). The molecular formula is C12H20N4O. The first-order valence-corrected chi connectivity index (χ1v) is 6.16. The van der Waals surface area contributed by atoms with Crippen molar-refractivity contribution in [2.75, 3.05) is 31.6 Å². The lowest BCUT2D eigenvalue weighted by atomic mass is 10.1. The Labute approximate surface area is 102 Å². The van der Waals surface area contributed by atoms with Crippen LogP contribution in [0.3, 0.4) is 0 Å². The van der Waals surface area contributed by atoms with Crippen LogP contribution in [0.1, 0.15) is 18.5 Å². The minimum atomic E-state index is 0.235. The van der Waals surface area contributed by atoms with Gasteiger partial charge in [0.1, 0.15) is 12.1 Å². The smallest absolute Gasteiger partial charge is 0.129 e. The maximum absolute atomic E-state index is 8.95. The topological polar surface area (TPSA) is 61.3 Å². The maximum Gasteiger partial charge on any atom is 0.129 e. The highest BCUT2D eigenvalue weighted by molar-refractivity contribution is 5.35. The lowest BCUT2D eigenvalue weighted by Crippen LogP contribution is -2.43. The molecule has 1 aromatic rings. The van der Waals surface area contributed by atoms with Gasteiger partial charge in [-0.25, -0.2) is 9.97 Å². The Morgan fingerprint density at radius 1 is 1.53 bits per heavy atom. The number of aromatic nitrogens is 2. The first kappa shape index (κ1) is 12.3. The molecule has 0 aromatic carbocycles. The van der Waals surface area contributed by atoms with Gasteiger partial charge in [0.25, 0.3) is 0 Å². The van der Waals surface area contributed by atoms with E-state index in [-0.39, 0.29) is 6.61 Å². The van der Waals surface area contributed by atoms with Crippen LogP contribution in [-0.2, 0) is 0 Å². The van der Waals surface area contributed by atoms with Crippen LogP contribution < -0.4 is 5.32 Å². The number of piperidine rings is 1. The number of nitrogens with zero attached hydrogens (tertiary/aromatic N) is 3. The van der Waals surface area contributed by atoms with Crippen LogP contribution in [0.5, 0.6) is 0 Å². The SMILES string of the molecule is Cc1cc(NC2CCCN(CCO)C2)ncn1.